The highest BCUT2D eigenvalue weighted by Gasteiger charge is 2.37. The van der Waals surface area contributed by atoms with E-state index in [1.54, 1.807) is 24.3 Å². The second-order valence-corrected chi connectivity index (χ2v) is 9.41. The van der Waals surface area contributed by atoms with E-state index >= 15 is 0 Å². The third-order valence-electron chi connectivity index (χ3n) is 6.08. The van der Waals surface area contributed by atoms with Crippen LogP contribution in [0.1, 0.15) is 63.0 Å². The van der Waals surface area contributed by atoms with Crippen LogP contribution in [0.25, 0.3) is 0 Å². The molecule has 1 heterocycles. The number of primary amides is 1. The van der Waals surface area contributed by atoms with E-state index in [1.165, 1.54) is 17.0 Å². The molecule has 1 fully saturated rings. The second-order valence-electron chi connectivity index (χ2n) is 8.64. The van der Waals surface area contributed by atoms with Crippen LogP contribution in [0.15, 0.2) is 48.5 Å². The molecule has 1 aromatic heterocycles. The van der Waals surface area contributed by atoms with Crippen molar-refractivity contribution in [2.45, 2.75) is 44.7 Å². The number of aromatic nitrogens is 1. The number of benzene rings is 2. The van der Waals surface area contributed by atoms with Gasteiger partial charge in [0, 0.05) is 17.8 Å². The number of nitrogens with one attached hydrogen (secondary N) is 1. The predicted molar refractivity (Wildman–Crippen MR) is 134 cm³/mol. The van der Waals surface area contributed by atoms with Crippen LogP contribution < -0.4 is 21.7 Å². The van der Waals surface area contributed by atoms with Crippen molar-refractivity contribution in [2.24, 2.45) is 5.73 Å². The van der Waals surface area contributed by atoms with E-state index in [0.717, 1.165) is 42.8 Å². The molecule has 3 aromatic rings. The molecular weight excluding hydrogens is 466 g/mol. The summed E-state index contributed by atoms with van der Waals surface area (Å²) in [7, 11) is 0. The summed E-state index contributed by atoms with van der Waals surface area (Å²) < 4.78 is 3.95. The van der Waals surface area contributed by atoms with Crippen molar-refractivity contribution in [3.05, 3.63) is 70.2 Å². The van der Waals surface area contributed by atoms with E-state index in [1.807, 2.05) is 19.1 Å². The summed E-state index contributed by atoms with van der Waals surface area (Å²) >= 11 is 0.738. The Morgan fingerprint density at radius 3 is 2.43 bits per heavy atom. The standard InChI is InChI=1S/C25H27N5O4S/c1-14-9-11-15(12-10-14)21(24(33)28-16-5-2-3-6-16)30(17-7-4-8-18(31)13-17)25(34)22-19(26)20(23(27)32)29-35-22/h4,7-13,16,21,31H,2-3,5-6,26H2,1H3,(H2,27,32)(H,28,33). The van der Waals surface area contributed by atoms with E-state index in [9.17, 15) is 19.5 Å². The quantitative estimate of drug-likeness (QED) is 0.396. The Labute approximate surface area is 206 Å². The first kappa shape index (κ1) is 24.2. The van der Waals surface area contributed by atoms with Crippen molar-refractivity contribution < 1.29 is 19.5 Å². The number of phenolic OH excluding ortho intramolecular Hbond substituents is 1. The normalized spacial score (nSPS) is 14.4. The summed E-state index contributed by atoms with van der Waals surface area (Å²) in [6.07, 6.45) is 3.80. The van der Waals surface area contributed by atoms with Gasteiger partial charge in [-0.25, -0.2) is 0 Å². The zero-order valence-corrected chi connectivity index (χ0v) is 20.0. The molecule has 9 nitrogen and oxygen atoms in total. The lowest BCUT2D eigenvalue weighted by atomic mass is 10.0. The van der Waals surface area contributed by atoms with Crippen molar-refractivity contribution in [1.29, 1.82) is 0 Å². The molecule has 0 aliphatic heterocycles. The van der Waals surface area contributed by atoms with Gasteiger partial charge in [-0.05, 0) is 49.0 Å². The zero-order valence-electron chi connectivity index (χ0n) is 19.2. The molecular formula is C25H27N5O4S. The number of nitrogen functional groups attached to an aromatic ring is 1. The second kappa shape index (κ2) is 10.1. The minimum atomic E-state index is -1.07. The maximum atomic E-state index is 13.9. The Morgan fingerprint density at radius 2 is 1.83 bits per heavy atom. The van der Waals surface area contributed by atoms with E-state index < -0.39 is 17.9 Å². The number of carbonyl (C=O) groups excluding carboxylic acids is 3. The largest absolute Gasteiger partial charge is 0.508 e. The molecule has 3 amide bonds. The Bertz CT molecular complexity index is 1250. The molecule has 0 saturated heterocycles. The third-order valence-corrected chi connectivity index (χ3v) is 6.93. The van der Waals surface area contributed by atoms with Crippen LogP contribution in [0.4, 0.5) is 11.4 Å². The molecule has 4 rings (SSSR count). The number of aryl methyl sites for hydroxylation is 1. The van der Waals surface area contributed by atoms with Gasteiger partial charge in [0.05, 0.1) is 5.69 Å². The predicted octanol–water partition coefficient (Wildman–Crippen LogP) is 3.29. The molecule has 0 bridgehead atoms. The number of carbonyl (C=O) groups is 3. The number of amides is 3. The molecule has 1 unspecified atom stereocenters. The van der Waals surface area contributed by atoms with Gasteiger partial charge in [-0.15, -0.1) is 0 Å². The van der Waals surface area contributed by atoms with E-state index in [4.69, 9.17) is 11.5 Å². The van der Waals surface area contributed by atoms with E-state index in [-0.39, 0.29) is 39.6 Å². The summed E-state index contributed by atoms with van der Waals surface area (Å²) in [5.74, 6) is -1.91. The van der Waals surface area contributed by atoms with Crippen molar-refractivity contribution in [3.8, 4) is 5.75 Å². The molecule has 35 heavy (non-hydrogen) atoms. The summed E-state index contributed by atoms with van der Waals surface area (Å²) in [5, 5.41) is 13.3. The molecule has 2 aromatic carbocycles. The minimum Gasteiger partial charge on any atom is -0.508 e. The number of nitrogens with two attached hydrogens (primary N) is 2. The highest BCUT2D eigenvalue weighted by atomic mass is 32.1. The lowest BCUT2D eigenvalue weighted by Gasteiger charge is -2.32. The van der Waals surface area contributed by atoms with Gasteiger partial charge in [0.2, 0.25) is 5.91 Å². The highest BCUT2D eigenvalue weighted by molar-refractivity contribution is 7.09. The molecule has 1 saturated carbocycles. The Hall–Kier alpha value is -3.92. The number of aromatic hydroxyl groups is 1. The number of anilines is 2. The maximum Gasteiger partial charge on any atom is 0.273 e. The van der Waals surface area contributed by atoms with Crippen LogP contribution in [-0.4, -0.2) is 33.2 Å². The molecule has 182 valence electrons. The fourth-order valence-electron chi connectivity index (χ4n) is 4.28. The topological polar surface area (TPSA) is 152 Å². The smallest absolute Gasteiger partial charge is 0.273 e. The lowest BCUT2D eigenvalue weighted by molar-refractivity contribution is -0.123. The van der Waals surface area contributed by atoms with Gasteiger partial charge < -0.3 is 21.9 Å². The van der Waals surface area contributed by atoms with Crippen LogP contribution in [0.5, 0.6) is 5.75 Å². The van der Waals surface area contributed by atoms with Crippen molar-refractivity contribution in [3.63, 3.8) is 0 Å². The van der Waals surface area contributed by atoms with Crippen molar-refractivity contribution >= 4 is 40.6 Å². The number of hydrogen-bond donors (Lipinski definition) is 4. The summed E-state index contributed by atoms with van der Waals surface area (Å²) in [4.78, 5) is 40.6. The van der Waals surface area contributed by atoms with Gasteiger partial charge in [-0.3, -0.25) is 19.3 Å². The monoisotopic (exact) mass is 493 g/mol. The molecule has 0 spiro atoms. The average Bonchev–Trinajstić information content (AvgIpc) is 3.47. The van der Waals surface area contributed by atoms with Gasteiger partial charge in [-0.1, -0.05) is 48.7 Å². The van der Waals surface area contributed by atoms with Gasteiger partial charge in [0.1, 0.15) is 16.7 Å². The summed E-state index contributed by atoms with van der Waals surface area (Å²) in [5.41, 5.74) is 12.9. The van der Waals surface area contributed by atoms with Crippen molar-refractivity contribution in [1.82, 2.24) is 9.69 Å². The zero-order chi connectivity index (χ0) is 25.1. The molecule has 1 atom stereocenters. The lowest BCUT2D eigenvalue weighted by Crippen LogP contribution is -2.46. The van der Waals surface area contributed by atoms with E-state index in [2.05, 4.69) is 9.69 Å². The van der Waals surface area contributed by atoms with Crippen LogP contribution >= 0.6 is 11.5 Å². The average molecular weight is 494 g/mol. The molecule has 0 radical (unpaired) electrons. The highest BCUT2D eigenvalue weighted by Crippen LogP contribution is 2.35. The Balaban J connectivity index is 1.85. The Kier molecular flexibility index (Phi) is 7.02. The third kappa shape index (κ3) is 5.12. The van der Waals surface area contributed by atoms with Gasteiger partial charge in [0.25, 0.3) is 11.8 Å². The van der Waals surface area contributed by atoms with Gasteiger partial charge in [-0.2, -0.15) is 4.37 Å². The molecule has 1 aliphatic rings. The van der Waals surface area contributed by atoms with Crippen molar-refractivity contribution in [2.75, 3.05) is 10.6 Å². The first-order valence-corrected chi connectivity index (χ1v) is 12.1. The summed E-state index contributed by atoms with van der Waals surface area (Å²) in [6.45, 7) is 1.93. The first-order valence-electron chi connectivity index (χ1n) is 11.3. The fraction of sp³-hybridized carbons (Fsp3) is 0.280. The number of nitrogens with zero attached hydrogens (tertiary/aromatic N) is 2. The van der Waals surface area contributed by atoms with Gasteiger partial charge in [0.15, 0.2) is 5.69 Å². The Morgan fingerprint density at radius 1 is 1.14 bits per heavy atom. The number of phenols is 1. The number of hydrogen-bond acceptors (Lipinski definition) is 7. The van der Waals surface area contributed by atoms with Gasteiger partial charge >= 0.3 is 0 Å². The maximum absolute atomic E-state index is 13.9. The molecule has 1 aliphatic carbocycles. The van der Waals surface area contributed by atoms with Crippen LogP contribution in [0.2, 0.25) is 0 Å². The number of rotatable bonds is 7. The van der Waals surface area contributed by atoms with Crippen LogP contribution in [0.3, 0.4) is 0 Å². The minimum absolute atomic E-state index is 0.0199. The fourth-order valence-corrected chi connectivity index (χ4v) is 5.02. The molecule has 10 heteroatoms. The summed E-state index contributed by atoms with van der Waals surface area (Å²) in [6, 6.07) is 12.3. The SMILES string of the molecule is Cc1ccc(C(C(=O)NC2CCCC2)N(C(=O)c2snc(C(N)=O)c2N)c2cccc(O)c2)cc1. The molecule has 6 N–H and O–H groups in total. The van der Waals surface area contributed by atoms with Crippen LogP contribution in [-0.2, 0) is 4.79 Å². The first-order chi connectivity index (χ1) is 16.8. The van der Waals surface area contributed by atoms with E-state index in [0.29, 0.717) is 5.56 Å². The van der Waals surface area contributed by atoms with Crippen LogP contribution in [0, 0.1) is 6.92 Å².